The van der Waals surface area contributed by atoms with Crippen molar-refractivity contribution >= 4 is 22.8 Å². The molecular formula is C22H22FN3O. The topological polar surface area (TPSA) is 30.3 Å². The summed E-state index contributed by atoms with van der Waals surface area (Å²) in [6.07, 6.45) is 11.2. The van der Waals surface area contributed by atoms with E-state index >= 15 is 0 Å². The normalized spacial score (nSPS) is 14.8. The zero-order valence-corrected chi connectivity index (χ0v) is 15.5. The van der Waals surface area contributed by atoms with Crippen molar-refractivity contribution in [1.82, 2.24) is 9.55 Å². The molecule has 0 saturated heterocycles. The van der Waals surface area contributed by atoms with Crippen molar-refractivity contribution in [3.8, 4) is 5.75 Å². The van der Waals surface area contributed by atoms with Gasteiger partial charge in [-0.15, -0.1) is 0 Å². The van der Waals surface area contributed by atoms with E-state index in [1.165, 1.54) is 29.8 Å². The first kappa shape index (κ1) is 17.3. The van der Waals surface area contributed by atoms with E-state index in [1.54, 1.807) is 6.07 Å². The molecule has 4 rings (SSSR count). The molecule has 0 spiro atoms. The van der Waals surface area contributed by atoms with Gasteiger partial charge in [-0.05, 0) is 41.8 Å². The third-order valence-electron chi connectivity index (χ3n) is 4.96. The van der Waals surface area contributed by atoms with Crippen molar-refractivity contribution in [2.24, 2.45) is 7.05 Å². The summed E-state index contributed by atoms with van der Waals surface area (Å²) in [7, 11) is 3.50. The number of aromatic nitrogens is 2. The highest BCUT2D eigenvalue weighted by atomic mass is 19.1. The number of fused-ring (bicyclic) bond motifs is 1. The van der Waals surface area contributed by atoms with Crippen molar-refractivity contribution in [2.45, 2.75) is 6.42 Å². The molecule has 1 aliphatic heterocycles. The molecule has 0 radical (unpaired) electrons. The van der Waals surface area contributed by atoms with Gasteiger partial charge in [-0.2, -0.15) is 0 Å². The maximum Gasteiger partial charge on any atom is 0.165 e. The molecule has 3 aromatic rings. The number of hydrogen-bond donors (Lipinski definition) is 0. The Kier molecular flexibility index (Phi) is 4.67. The third kappa shape index (κ3) is 3.45. The second-order valence-corrected chi connectivity index (χ2v) is 6.70. The highest BCUT2D eigenvalue weighted by Gasteiger charge is 2.16. The lowest BCUT2D eigenvalue weighted by molar-refractivity contribution is 0.386. The monoisotopic (exact) mass is 363 g/mol. The van der Waals surface area contributed by atoms with Gasteiger partial charge in [0.1, 0.15) is 5.65 Å². The lowest BCUT2D eigenvalue weighted by atomic mass is 10.1. The van der Waals surface area contributed by atoms with Crippen LogP contribution in [-0.2, 0) is 7.05 Å². The van der Waals surface area contributed by atoms with Gasteiger partial charge in [-0.25, -0.2) is 9.37 Å². The molecule has 0 bridgehead atoms. The lowest BCUT2D eigenvalue weighted by Gasteiger charge is -2.27. The van der Waals surface area contributed by atoms with Crippen LogP contribution in [0.1, 0.15) is 12.0 Å². The summed E-state index contributed by atoms with van der Waals surface area (Å²) in [5.41, 5.74) is 4.32. The van der Waals surface area contributed by atoms with E-state index in [9.17, 15) is 4.39 Å². The fourth-order valence-electron chi connectivity index (χ4n) is 3.49. The van der Waals surface area contributed by atoms with Gasteiger partial charge in [0, 0.05) is 37.9 Å². The van der Waals surface area contributed by atoms with Gasteiger partial charge in [0.25, 0.3) is 0 Å². The summed E-state index contributed by atoms with van der Waals surface area (Å²) in [5.74, 6) is -0.0720. The number of methoxy groups -OCH3 is 1. The molecule has 0 saturated carbocycles. The summed E-state index contributed by atoms with van der Waals surface area (Å²) in [6.45, 7) is 1.80. The van der Waals surface area contributed by atoms with Crippen molar-refractivity contribution < 1.29 is 9.13 Å². The van der Waals surface area contributed by atoms with Gasteiger partial charge < -0.3 is 14.2 Å². The van der Waals surface area contributed by atoms with Gasteiger partial charge >= 0.3 is 0 Å². The average molecular weight is 363 g/mol. The molecule has 0 fully saturated rings. The summed E-state index contributed by atoms with van der Waals surface area (Å²) >= 11 is 0. The van der Waals surface area contributed by atoms with Gasteiger partial charge in [-0.1, -0.05) is 24.3 Å². The first-order valence-corrected chi connectivity index (χ1v) is 9.01. The van der Waals surface area contributed by atoms with Gasteiger partial charge in [0.2, 0.25) is 0 Å². The Labute approximate surface area is 158 Å². The van der Waals surface area contributed by atoms with Crippen molar-refractivity contribution in [2.75, 3.05) is 25.1 Å². The van der Waals surface area contributed by atoms with Crippen LogP contribution in [0.3, 0.4) is 0 Å². The fraction of sp³-hybridized carbons (Fsp3) is 0.227. The van der Waals surface area contributed by atoms with E-state index in [0.29, 0.717) is 0 Å². The number of anilines is 1. The molecule has 0 N–H and O–H groups in total. The Morgan fingerprint density at radius 1 is 1.22 bits per heavy atom. The Balaban J connectivity index is 1.49. The zero-order chi connectivity index (χ0) is 18.8. The molecule has 138 valence electrons. The van der Waals surface area contributed by atoms with E-state index in [2.05, 4.69) is 38.9 Å². The van der Waals surface area contributed by atoms with Crippen LogP contribution in [0.4, 0.5) is 10.1 Å². The van der Waals surface area contributed by atoms with E-state index in [0.717, 1.165) is 30.7 Å². The standard InChI is InChI=1S/C22H22FN3O/c1-25-15-20(18-4-3-11-24-22(18)25)26-12-9-16(10-13-26)5-6-17-7-8-21(27-2)19(23)14-17/h3-9,11,14-15H,10,12-13H2,1-2H3/b6-5+. The molecule has 0 atom stereocenters. The Hall–Kier alpha value is -3.08. The zero-order valence-electron chi connectivity index (χ0n) is 15.5. The van der Waals surface area contributed by atoms with Crippen LogP contribution in [0.15, 0.2) is 60.5 Å². The van der Waals surface area contributed by atoms with E-state index in [1.807, 2.05) is 31.5 Å². The van der Waals surface area contributed by atoms with E-state index in [4.69, 9.17) is 4.74 Å². The lowest BCUT2D eigenvalue weighted by Crippen LogP contribution is -2.28. The number of ether oxygens (including phenoxy) is 1. The summed E-state index contributed by atoms with van der Waals surface area (Å²) < 4.78 is 20.8. The molecular weight excluding hydrogens is 341 g/mol. The van der Waals surface area contributed by atoms with Crippen LogP contribution in [0.2, 0.25) is 0 Å². The molecule has 2 aromatic heterocycles. The number of rotatable bonds is 4. The fourth-order valence-corrected chi connectivity index (χ4v) is 3.49. The number of hydrogen-bond acceptors (Lipinski definition) is 3. The third-order valence-corrected chi connectivity index (χ3v) is 4.96. The highest BCUT2D eigenvalue weighted by molar-refractivity contribution is 5.91. The molecule has 0 amide bonds. The van der Waals surface area contributed by atoms with Gasteiger partial charge in [0.05, 0.1) is 12.8 Å². The Morgan fingerprint density at radius 3 is 2.85 bits per heavy atom. The SMILES string of the molecule is COc1ccc(/C=C/C2=CCN(c3cn(C)c4ncccc34)CC2)cc1F. The highest BCUT2D eigenvalue weighted by Crippen LogP contribution is 2.29. The Morgan fingerprint density at radius 2 is 2.11 bits per heavy atom. The number of pyridine rings is 1. The quantitative estimate of drug-likeness (QED) is 0.680. The summed E-state index contributed by atoms with van der Waals surface area (Å²) in [6, 6.07) is 9.11. The molecule has 3 heterocycles. The number of benzene rings is 1. The molecule has 27 heavy (non-hydrogen) atoms. The number of allylic oxidation sites excluding steroid dienone is 1. The smallest absolute Gasteiger partial charge is 0.165 e. The van der Waals surface area contributed by atoms with Crippen LogP contribution in [0, 0.1) is 5.82 Å². The maximum absolute atomic E-state index is 13.8. The van der Waals surface area contributed by atoms with Crippen molar-refractivity contribution in [3.63, 3.8) is 0 Å². The minimum absolute atomic E-state index is 0.268. The van der Waals surface area contributed by atoms with Crippen LogP contribution in [-0.4, -0.2) is 29.8 Å². The molecule has 1 aromatic carbocycles. The van der Waals surface area contributed by atoms with Crippen LogP contribution >= 0.6 is 0 Å². The molecule has 0 unspecified atom stereocenters. The van der Waals surface area contributed by atoms with Gasteiger partial charge in [-0.3, -0.25) is 0 Å². The second kappa shape index (κ2) is 7.27. The molecule has 5 heteroatoms. The first-order chi connectivity index (χ1) is 13.2. The van der Waals surface area contributed by atoms with Crippen LogP contribution < -0.4 is 9.64 Å². The van der Waals surface area contributed by atoms with Gasteiger partial charge in [0.15, 0.2) is 11.6 Å². The maximum atomic E-state index is 13.8. The number of halogens is 1. The molecule has 1 aliphatic rings. The van der Waals surface area contributed by atoms with E-state index < -0.39 is 0 Å². The number of aryl methyl sites for hydroxylation is 1. The minimum Gasteiger partial charge on any atom is -0.494 e. The predicted octanol–water partition coefficient (Wildman–Crippen LogP) is 4.57. The van der Waals surface area contributed by atoms with Crippen molar-refractivity contribution in [1.29, 1.82) is 0 Å². The largest absolute Gasteiger partial charge is 0.494 e. The van der Waals surface area contributed by atoms with E-state index in [-0.39, 0.29) is 11.6 Å². The van der Waals surface area contributed by atoms with Crippen LogP contribution in [0.25, 0.3) is 17.1 Å². The Bertz CT molecular complexity index is 1040. The molecule has 4 nitrogen and oxygen atoms in total. The first-order valence-electron chi connectivity index (χ1n) is 9.01. The predicted molar refractivity (Wildman–Crippen MR) is 108 cm³/mol. The number of nitrogens with zero attached hydrogens (tertiary/aromatic N) is 3. The average Bonchev–Trinajstić information content (AvgIpc) is 3.04. The van der Waals surface area contributed by atoms with Crippen molar-refractivity contribution in [3.05, 3.63) is 71.8 Å². The summed E-state index contributed by atoms with van der Waals surface area (Å²) in [5, 5.41) is 1.18. The summed E-state index contributed by atoms with van der Waals surface area (Å²) in [4.78, 5) is 6.83. The van der Waals surface area contributed by atoms with Crippen LogP contribution in [0.5, 0.6) is 5.75 Å². The minimum atomic E-state index is -0.340. The second-order valence-electron chi connectivity index (χ2n) is 6.70. The molecule has 0 aliphatic carbocycles.